The average Bonchev–Trinajstić information content (AvgIpc) is 3.00. The van der Waals surface area contributed by atoms with Gasteiger partial charge >= 0.3 is 5.97 Å². The van der Waals surface area contributed by atoms with Gasteiger partial charge in [-0.2, -0.15) is 0 Å². The first kappa shape index (κ1) is 18.6. The molecule has 1 heterocycles. The standard InChI is InChI=1S/C21H20FNO4/c1-13-17-5-3-4-6-18(17)27-19(13)21(25)26-14(2)20(24)23-12-11-15-7-9-16(22)10-8-15/h3-10,14H,11-12H2,1-2H3,(H,23,24)/t14-/m1/s1. The molecule has 5 nitrogen and oxygen atoms in total. The number of rotatable bonds is 6. The van der Waals surface area contributed by atoms with Crippen LogP contribution >= 0.6 is 0 Å². The Morgan fingerprint density at radius 2 is 1.85 bits per heavy atom. The number of carbonyl (C=O) groups is 2. The van der Waals surface area contributed by atoms with E-state index >= 15 is 0 Å². The fourth-order valence-corrected chi connectivity index (χ4v) is 2.76. The Bertz CT molecular complexity index is 962. The van der Waals surface area contributed by atoms with Gasteiger partial charge in [0.25, 0.3) is 5.91 Å². The Labute approximate surface area is 156 Å². The molecule has 0 fully saturated rings. The summed E-state index contributed by atoms with van der Waals surface area (Å²) < 4.78 is 23.7. The lowest BCUT2D eigenvalue weighted by molar-refractivity contribution is -0.129. The molecule has 1 N–H and O–H groups in total. The van der Waals surface area contributed by atoms with Gasteiger partial charge in [-0.3, -0.25) is 4.79 Å². The number of nitrogens with one attached hydrogen (secondary N) is 1. The molecule has 140 valence electrons. The van der Waals surface area contributed by atoms with Crippen LogP contribution in [0.5, 0.6) is 0 Å². The third-order valence-electron chi connectivity index (χ3n) is 4.31. The number of furan rings is 1. The summed E-state index contributed by atoms with van der Waals surface area (Å²) >= 11 is 0. The molecule has 0 radical (unpaired) electrons. The van der Waals surface area contributed by atoms with Crippen LogP contribution in [-0.2, 0) is 16.0 Å². The molecule has 0 aliphatic rings. The van der Waals surface area contributed by atoms with Crippen molar-refractivity contribution in [3.63, 3.8) is 0 Å². The zero-order chi connectivity index (χ0) is 19.4. The number of aryl methyl sites for hydroxylation is 1. The van der Waals surface area contributed by atoms with E-state index in [4.69, 9.17) is 9.15 Å². The van der Waals surface area contributed by atoms with Crippen molar-refractivity contribution in [3.05, 3.63) is 71.2 Å². The van der Waals surface area contributed by atoms with Crippen LogP contribution in [0, 0.1) is 12.7 Å². The Morgan fingerprint density at radius 1 is 1.15 bits per heavy atom. The zero-order valence-corrected chi connectivity index (χ0v) is 15.1. The molecule has 1 atom stereocenters. The lowest BCUT2D eigenvalue weighted by Crippen LogP contribution is -2.36. The highest BCUT2D eigenvalue weighted by molar-refractivity contribution is 5.97. The van der Waals surface area contributed by atoms with Crippen molar-refractivity contribution in [1.29, 1.82) is 0 Å². The number of fused-ring (bicyclic) bond motifs is 1. The molecule has 0 spiro atoms. The van der Waals surface area contributed by atoms with E-state index in [0.717, 1.165) is 10.9 Å². The number of halogens is 1. The van der Waals surface area contributed by atoms with E-state index in [9.17, 15) is 14.0 Å². The first-order valence-corrected chi connectivity index (χ1v) is 8.67. The number of para-hydroxylation sites is 1. The molecule has 6 heteroatoms. The van der Waals surface area contributed by atoms with E-state index in [1.807, 2.05) is 18.2 Å². The summed E-state index contributed by atoms with van der Waals surface area (Å²) in [6.07, 6.45) is -0.409. The van der Waals surface area contributed by atoms with Crippen LogP contribution in [0.1, 0.15) is 28.6 Å². The van der Waals surface area contributed by atoms with Crippen LogP contribution in [0.2, 0.25) is 0 Å². The van der Waals surface area contributed by atoms with Crippen molar-refractivity contribution in [2.45, 2.75) is 26.4 Å². The number of benzene rings is 2. The van der Waals surface area contributed by atoms with Crippen LogP contribution in [-0.4, -0.2) is 24.5 Å². The Kier molecular flexibility index (Phi) is 5.54. The number of hydrogen-bond donors (Lipinski definition) is 1. The second kappa shape index (κ2) is 8.03. The van der Waals surface area contributed by atoms with E-state index in [1.54, 1.807) is 25.1 Å². The number of amides is 1. The van der Waals surface area contributed by atoms with Gasteiger partial charge in [0.15, 0.2) is 6.10 Å². The maximum atomic E-state index is 12.9. The molecular formula is C21H20FNO4. The normalized spacial score (nSPS) is 12.0. The molecule has 0 aliphatic carbocycles. The van der Waals surface area contributed by atoms with Crippen LogP contribution in [0.15, 0.2) is 52.9 Å². The summed E-state index contributed by atoms with van der Waals surface area (Å²) in [5.41, 5.74) is 2.18. The van der Waals surface area contributed by atoms with Crippen molar-refractivity contribution in [1.82, 2.24) is 5.32 Å². The summed E-state index contributed by atoms with van der Waals surface area (Å²) in [7, 11) is 0. The molecule has 27 heavy (non-hydrogen) atoms. The molecular weight excluding hydrogens is 349 g/mol. The maximum Gasteiger partial charge on any atom is 0.375 e. The first-order valence-electron chi connectivity index (χ1n) is 8.67. The predicted molar refractivity (Wildman–Crippen MR) is 98.9 cm³/mol. The predicted octanol–water partition coefficient (Wildman–Crippen LogP) is 3.78. The third kappa shape index (κ3) is 4.34. The summed E-state index contributed by atoms with van der Waals surface area (Å²) in [5, 5.41) is 3.54. The molecule has 2 aromatic carbocycles. The van der Waals surface area contributed by atoms with Gasteiger partial charge in [0.2, 0.25) is 5.76 Å². The molecule has 3 rings (SSSR count). The Hall–Kier alpha value is -3.15. The number of hydrogen-bond acceptors (Lipinski definition) is 4. The van der Waals surface area contributed by atoms with Crippen LogP contribution in [0.4, 0.5) is 4.39 Å². The zero-order valence-electron chi connectivity index (χ0n) is 15.1. The molecule has 0 bridgehead atoms. The quantitative estimate of drug-likeness (QED) is 0.672. The molecule has 0 aliphatic heterocycles. The fraction of sp³-hybridized carbons (Fsp3) is 0.238. The van der Waals surface area contributed by atoms with Crippen molar-refractivity contribution < 1.29 is 23.1 Å². The number of carbonyl (C=O) groups excluding carboxylic acids is 2. The molecule has 0 saturated carbocycles. The van der Waals surface area contributed by atoms with Crippen LogP contribution in [0.25, 0.3) is 11.0 Å². The minimum absolute atomic E-state index is 0.0992. The van der Waals surface area contributed by atoms with Gasteiger partial charge < -0.3 is 14.5 Å². The minimum Gasteiger partial charge on any atom is -0.449 e. The first-order chi connectivity index (χ1) is 13.0. The highest BCUT2D eigenvalue weighted by Crippen LogP contribution is 2.25. The van der Waals surface area contributed by atoms with Gasteiger partial charge in [-0.25, -0.2) is 9.18 Å². The topological polar surface area (TPSA) is 68.5 Å². The van der Waals surface area contributed by atoms with E-state index < -0.39 is 18.0 Å². The summed E-state index contributed by atoms with van der Waals surface area (Å²) in [5.74, 6) is -1.28. The summed E-state index contributed by atoms with van der Waals surface area (Å²) in [6.45, 7) is 3.63. The summed E-state index contributed by atoms with van der Waals surface area (Å²) in [6, 6.07) is 13.4. The molecule has 3 aromatic rings. The highest BCUT2D eigenvalue weighted by Gasteiger charge is 2.23. The lowest BCUT2D eigenvalue weighted by atomic mass is 10.1. The van der Waals surface area contributed by atoms with E-state index in [2.05, 4.69) is 5.32 Å². The van der Waals surface area contributed by atoms with Crippen LogP contribution < -0.4 is 5.32 Å². The maximum absolute atomic E-state index is 12.9. The third-order valence-corrected chi connectivity index (χ3v) is 4.31. The van der Waals surface area contributed by atoms with Gasteiger partial charge in [0.1, 0.15) is 11.4 Å². The van der Waals surface area contributed by atoms with Gasteiger partial charge in [0.05, 0.1) is 0 Å². The number of ether oxygens (including phenoxy) is 1. The van der Waals surface area contributed by atoms with Gasteiger partial charge in [-0.05, 0) is 44.0 Å². The van der Waals surface area contributed by atoms with Crippen molar-refractivity contribution in [2.24, 2.45) is 0 Å². The van der Waals surface area contributed by atoms with Gasteiger partial charge in [-0.15, -0.1) is 0 Å². The minimum atomic E-state index is -0.960. The van der Waals surface area contributed by atoms with Gasteiger partial charge in [0, 0.05) is 17.5 Å². The Morgan fingerprint density at radius 3 is 2.56 bits per heavy atom. The van der Waals surface area contributed by atoms with Crippen molar-refractivity contribution in [2.75, 3.05) is 6.54 Å². The SMILES string of the molecule is Cc1c(C(=O)O[C@H](C)C(=O)NCCc2ccc(F)cc2)oc2ccccc12. The lowest BCUT2D eigenvalue weighted by Gasteiger charge is -2.13. The smallest absolute Gasteiger partial charge is 0.375 e. The summed E-state index contributed by atoms with van der Waals surface area (Å²) in [4.78, 5) is 24.5. The largest absolute Gasteiger partial charge is 0.449 e. The van der Waals surface area contributed by atoms with Crippen molar-refractivity contribution >= 4 is 22.8 Å². The second-order valence-electron chi connectivity index (χ2n) is 6.27. The monoisotopic (exact) mass is 369 g/mol. The van der Waals surface area contributed by atoms with E-state index in [-0.39, 0.29) is 11.6 Å². The van der Waals surface area contributed by atoms with E-state index in [1.165, 1.54) is 19.1 Å². The molecule has 1 amide bonds. The molecule has 0 unspecified atom stereocenters. The van der Waals surface area contributed by atoms with Crippen molar-refractivity contribution in [3.8, 4) is 0 Å². The fourth-order valence-electron chi connectivity index (χ4n) is 2.76. The second-order valence-corrected chi connectivity index (χ2v) is 6.27. The highest BCUT2D eigenvalue weighted by atomic mass is 19.1. The molecule has 0 saturated heterocycles. The van der Waals surface area contributed by atoms with Crippen LogP contribution in [0.3, 0.4) is 0 Å². The Balaban J connectivity index is 1.54. The average molecular weight is 369 g/mol. The number of esters is 1. The van der Waals surface area contributed by atoms with Gasteiger partial charge in [-0.1, -0.05) is 30.3 Å². The van der Waals surface area contributed by atoms with E-state index in [0.29, 0.717) is 24.1 Å². The molecule has 1 aromatic heterocycles.